The van der Waals surface area contributed by atoms with Crippen LogP contribution in [-0.2, 0) is 17.9 Å². The van der Waals surface area contributed by atoms with Crippen molar-refractivity contribution in [3.63, 3.8) is 0 Å². The molecule has 2 aromatic carbocycles. The van der Waals surface area contributed by atoms with Crippen LogP contribution >= 0.6 is 23.2 Å². The Morgan fingerprint density at radius 2 is 1.89 bits per heavy atom. The van der Waals surface area contributed by atoms with Gasteiger partial charge in [0, 0.05) is 6.54 Å². The maximum atomic E-state index is 12.4. The van der Waals surface area contributed by atoms with E-state index in [9.17, 15) is 9.59 Å². The number of imidazole rings is 1. The SMILES string of the molecule is CCn1c(CNC(=O)C(C)NC(=O)c2cccc(Cl)c2Cl)nc2ccccc21. The van der Waals surface area contributed by atoms with Gasteiger partial charge in [0.1, 0.15) is 11.9 Å². The molecule has 2 amide bonds. The van der Waals surface area contributed by atoms with E-state index in [1.807, 2.05) is 35.8 Å². The van der Waals surface area contributed by atoms with Gasteiger partial charge >= 0.3 is 0 Å². The first-order valence-corrected chi connectivity index (χ1v) is 9.64. The number of rotatable bonds is 6. The van der Waals surface area contributed by atoms with Gasteiger partial charge in [-0.2, -0.15) is 0 Å². The molecule has 0 spiro atoms. The van der Waals surface area contributed by atoms with E-state index in [-0.39, 0.29) is 28.1 Å². The topological polar surface area (TPSA) is 76.0 Å². The quantitative estimate of drug-likeness (QED) is 0.638. The van der Waals surface area contributed by atoms with Gasteiger partial charge in [0.2, 0.25) is 5.91 Å². The van der Waals surface area contributed by atoms with Crippen LogP contribution in [0.15, 0.2) is 42.5 Å². The molecule has 0 saturated heterocycles. The summed E-state index contributed by atoms with van der Waals surface area (Å²) in [6, 6.07) is 11.8. The van der Waals surface area contributed by atoms with Crippen molar-refractivity contribution in [1.82, 2.24) is 20.2 Å². The Kier molecular flexibility index (Phi) is 6.21. The van der Waals surface area contributed by atoms with Crippen LogP contribution in [0.4, 0.5) is 0 Å². The predicted octanol–water partition coefficient (Wildman–Crippen LogP) is 3.80. The molecule has 0 bridgehead atoms. The maximum Gasteiger partial charge on any atom is 0.253 e. The third kappa shape index (κ3) is 4.13. The molecule has 0 fully saturated rings. The molecule has 28 heavy (non-hydrogen) atoms. The zero-order valence-electron chi connectivity index (χ0n) is 15.5. The summed E-state index contributed by atoms with van der Waals surface area (Å²) < 4.78 is 2.05. The Bertz CT molecular complexity index is 1030. The largest absolute Gasteiger partial charge is 0.347 e. The molecule has 146 valence electrons. The highest BCUT2D eigenvalue weighted by Crippen LogP contribution is 2.25. The lowest BCUT2D eigenvalue weighted by Crippen LogP contribution is -2.44. The number of hydrogen-bond acceptors (Lipinski definition) is 3. The Labute approximate surface area is 172 Å². The van der Waals surface area contributed by atoms with Crippen molar-refractivity contribution in [2.45, 2.75) is 33.0 Å². The molecule has 0 aliphatic heterocycles. The lowest BCUT2D eigenvalue weighted by molar-refractivity contribution is -0.122. The number of aromatic nitrogens is 2. The molecule has 8 heteroatoms. The summed E-state index contributed by atoms with van der Waals surface area (Å²) in [5.41, 5.74) is 2.12. The fourth-order valence-corrected chi connectivity index (χ4v) is 3.34. The molecule has 6 nitrogen and oxygen atoms in total. The summed E-state index contributed by atoms with van der Waals surface area (Å²) in [6.45, 7) is 4.64. The van der Waals surface area contributed by atoms with Crippen molar-refractivity contribution in [2.24, 2.45) is 0 Å². The number of aryl methyl sites for hydroxylation is 1. The molecule has 1 unspecified atom stereocenters. The van der Waals surface area contributed by atoms with Crippen LogP contribution < -0.4 is 10.6 Å². The molecule has 3 aromatic rings. The minimum Gasteiger partial charge on any atom is -0.347 e. The van der Waals surface area contributed by atoms with Crippen LogP contribution in [0, 0.1) is 0 Å². The second kappa shape index (κ2) is 8.63. The first-order chi connectivity index (χ1) is 13.4. The summed E-state index contributed by atoms with van der Waals surface area (Å²) in [4.78, 5) is 29.4. The minimum atomic E-state index is -0.748. The average Bonchev–Trinajstić information content (AvgIpc) is 3.05. The Hall–Kier alpha value is -2.57. The number of halogens is 2. The van der Waals surface area contributed by atoms with Gasteiger partial charge in [-0.3, -0.25) is 9.59 Å². The summed E-state index contributed by atoms with van der Waals surface area (Å²) in [5.74, 6) is -0.0226. The molecule has 0 aliphatic carbocycles. The molecule has 0 saturated carbocycles. The number of nitrogens with one attached hydrogen (secondary N) is 2. The third-order valence-electron chi connectivity index (χ3n) is 4.41. The third-order valence-corrected chi connectivity index (χ3v) is 5.23. The monoisotopic (exact) mass is 418 g/mol. The molecule has 3 rings (SSSR count). The minimum absolute atomic E-state index is 0.158. The summed E-state index contributed by atoms with van der Waals surface area (Å²) in [6.07, 6.45) is 0. The number of carbonyl (C=O) groups is 2. The maximum absolute atomic E-state index is 12.4. The molecule has 1 heterocycles. The van der Waals surface area contributed by atoms with E-state index in [1.54, 1.807) is 25.1 Å². The zero-order chi connectivity index (χ0) is 20.3. The highest BCUT2D eigenvalue weighted by molar-refractivity contribution is 6.43. The smallest absolute Gasteiger partial charge is 0.253 e. The molecule has 1 aromatic heterocycles. The number of hydrogen-bond donors (Lipinski definition) is 2. The first-order valence-electron chi connectivity index (χ1n) is 8.89. The number of para-hydroxylation sites is 2. The van der Waals surface area contributed by atoms with Gasteiger partial charge in [0.05, 0.1) is 33.2 Å². The highest BCUT2D eigenvalue weighted by atomic mass is 35.5. The Balaban J connectivity index is 1.65. The van der Waals surface area contributed by atoms with Gasteiger partial charge in [-0.05, 0) is 38.1 Å². The van der Waals surface area contributed by atoms with Crippen molar-refractivity contribution < 1.29 is 9.59 Å². The fourth-order valence-electron chi connectivity index (χ4n) is 2.95. The van der Waals surface area contributed by atoms with Gasteiger partial charge in [-0.15, -0.1) is 0 Å². The molecule has 0 aliphatic rings. The Morgan fingerprint density at radius 3 is 2.64 bits per heavy atom. The number of carbonyl (C=O) groups excluding carboxylic acids is 2. The predicted molar refractivity (Wildman–Crippen MR) is 111 cm³/mol. The second-order valence-corrected chi connectivity index (χ2v) is 7.06. The van der Waals surface area contributed by atoms with Crippen LogP contribution in [0.3, 0.4) is 0 Å². The van der Waals surface area contributed by atoms with Gasteiger partial charge in [-0.1, -0.05) is 41.4 Å². The van der Waals surface area contributed by atoms with E-state index < -0.39 is 11.9 Å². The number of fused-ring (bicyclic) bond motifs is 1. The Morgan fingerprint density at radius 1 is 1.14 bits per heavy atom. The van der Waals surface area contributed by atoms with Crippen LogP contribution in [0.2, 0.25) is 10.0 Å². The van der Waals surface area contributed by atoms with Crippen molar-refractivity contribution in [3.05, 3.63) is 63.9 Å². The molecule has 1 atom stereocenters. The first kappa shape index (κ1) is 20.2. The van der Waals surface area contributed by atoms with Crippen LogP contribution in [0.5, 0.6) is 0 Å². The molecular weight excluding hydrogens is 399 g/mol. The van der Waals surface area contributed by atoms with Gasteiger partial charge < -0.3 is 15.2 Å². The summed E-state index contributed by atoms with van der Waals surface area (Å²) in [7, 11) is 0. The van der Waals surface area contributed by atoms with E-state index in [4.69, 9.17) is 23.2 Å². The van der Waals surface area contributed by atoms with Crippen LogP contribution in [-0.4, -0.2) is 27.4 Å². The van der Waals surface area contributed by atoms with E-state index in [0.29, 0.717) is 0 Å². The normalized spacial score (nSPS) is 12.0. The zero-order valence-corrected chi connectivity index (χ0v) is 17.0. The van der Waals surface area contributed by atoms with Crippen LogP contribution in [0.25, 0.3) is 11.0 Å². The van der Waals surface area contributed by atoms with E-state index in [0.717, 1.165) is 23.4 Å². The standard InChI is InChI=1S/C20H20Cl2N4O2/c1-3-26-16-10-5-4-9-15(16)25-17(26)11-23-19(27)12(2)24-20(28)13-7-6-8-14(21)18(13)22/h4-10,12H,3,11H2,1-2H3,(H,23,27)(H,24,28). The summed E-state index contributed by atoms with van der Waals surface area (Å²) >= 11 is 12.0. The number of nitrogens with zero attached hydrogens (tertiary/aromatic N) is 2. The van der Waals surface area contributed by atoms with Crippen molar-refractivity contribution in [2.75, 3.05) is 0 Å². The fraction of sp³-hybridized carbons (Fsp3) is 0.250. The van der Waals surface area contributed by atoms with Crippen molar-refractivity contribution >= 4 is 46.0 Å². The molecule has 0 radical (unpaired) electrons. The van der Waals surface area contributed by atoms with E-state index >= 15 is 0 Å². The number of amides is 2. The highest BCUT2D eigenvalue weighted by Gasteiger charge is 2.20. The molecular formula is C20H20Cl2N4O2. The lowest BCUT2D eigenvalue weighted by Gasteiger charge is -2.15. The van der Waals surface area contributed by atoms with Crippen LogP contribution in [0.1, 0.15) is 30.0 Å². The second-order valence-electron chi connectivity index (χ2n) is 6.28. The van der Waals surface area contributed by atoms with Gasteiger partial charge in [-0.25, -0.2) is 4.98 Å². The number of benzene rings is 2. The molecule has 2 N–H and O–H groups in total. The van der Waals surface area contributed by atoms with Crippen molar-refractivity contribution in [1.29, 1.82) is 0 Å². The van der Waals surface area contributed by atoms with Gasteiger partial charge in [0.25, 0.3) is 5.91 Å². The summed E-state index contributed by atoms with van der Waals surface area (Å²) in [5, 5.41) is 5.90. The lowest BCUT2D eigenvalue weighted by atomic mass is 10.2. The van der Waals surface area contributed by atoms with E-state index in [1.165, 1.54) is 0 Å². The van der Waals surface area contributed by atoms with E-state index in [2.05, 4.69) is 15.6 Å². The van der Waals surface area contributed by atoms with Crippen molar-refractivity contribution in [3.8, 4) is 0 Å². The average molecular weight is 419 g/mol. The van der Waals surface area contributed by atoms with Gasteiger partial charge in [0.15, 0.2) is 0 Å².